The minimum Gasteiger partial charge on any atom is -0.463 e. The van der Waals surface area contributed by atoms with E-state index in [9.17, 15) is 23.2 Å². The van der Waals surface area contributed by atoms with Crippen molar-refractivity contribution in [3.05, 3.63) is 0 Å². The Morgan fingerprint density at radius 3 is 2.04 bits per heavy atom. The van der Waals surface area contributed by atoms with Crippen LogP contribution < -0.4 is 0 Å². The molecule has 8 nitrogen and oxygen atoms in total. The highest BCUT2D eigenvalue weighted by Crippen LogP contribution is 2.38. The smallest absolute Gasteiger partial charge is 0.317 e. The summed E-state index contributed by atoms with van der Waals surface area (Å²) in [6, 6.07) is 0. The molecule has 0 amide bonds. The number of carbonyl (C=O) groups excluding carboxylic acids is 3. The molecule has 0 aliphatic carbocycles. The number of carbonyl (C=O) groups is 3. The van der Waals surface area contributed by atoms with Gasteiger partial charge in [-0.1, -0.05) is 0 Å². The average Bonchev–Trinajstić information content (AvgIpc) is 2.41. The lowest BCUT2D eigenvalue weighted by Crippen LogP contribution is -2.65. The minimum absolute atomic E-state index is 0.785. The molecule has 0 saturated carbocycles. The lowest BCUT2D eigenvalue weighted by atomic mass is 9.97. The SMILES string of the molecule is COC1OC(COC(C)=O)C(F)(F)C(OC(C)=O)C1OC(C)=O. The molecule has 4 atom stereocenters. The summed E-state index contributed by atoms with van der Waals surface area (Å²) in [4.78, 5) is 33.1. The fourth-order valence-electron chi connectivity index (χ4n) is 2.04. The summed E-state index contributed by atoms with van der Waals surface area (Å²) >= 11 is 0. The molecule has 0 aromatic carbocycles. The Balaban J connectivity index is 3.11. The maximum atomic E-state index is 14.5. The van der Waals surface area contributed by atoms with E-state index in [1.807, 2.05) is 0 Å². The van der Waals surface area contributed by atoms with Crippen LogP contribution in [0.2, 0.25) is 0 Å². The summed E-state index contributed by atoms with van der Waals surface area (Å²) in [6.45, 7) is 2.19. The van der Waals surface area contributed by atoms with Crippen molar-refractivity contribution in [3.8, 4) is 0 Å². The van der Waals surface area contributed by atoms with Crippen LogP contribution in [0.15, 0.2) is 0 Å². The highest BCUT2D eigenvalue weighted by molar-refractivity contribution is 5.67. The largest absolute Gasteiger partial charge is 0.463 e. The van der Waals surface area contributed by atoms with Crippen molar-refractivity contribution in [2.24, 2.45) is 0 Å². The van der Waals surface area contributed by atoms with Crippen molar-refractivity contribution in [1.82, 2.24) is 0 Å². The molecular formula is C13H18F2O8. The molecule has 0 aromatic heterocycles. The van der Waals surface area contributed by atoms with E-state index >= 15 is 0 Å². The van der Waals surface area contributed by atoms with Crippen LogP contribution in [0.3, 0.4) is 0 Å². The van der Waals surface area contributed by atoms with E-state index in [1.165, 1.54) is 0 Å². The van der Waals surface area contributed by atoms with Crippen molar-refractivity contribution >= 4 is 17.9 Å². The van der Waals surface area contributed by atoms with Crippen LogP contribution in [0.4, 0.5) is 8.78 Å². The first-order valence-corrected chi connectivity index (χ1v) is 6.63. The predicted octanol–water partition coefficient (Wildman–Crippen LogP) is 0.419. The summed E-state index contributed by atoms with van der Waals surface area (Å²) < 4.78 is 52.8. The fourth-order valence-corrected chi connectivity index (χ4v) is 2.04. The summed E-state index contributed by atoms with van der Waals surface area (Å²) in [5.74, 6) is -6.46. The molecule has 0 bridgehead atoms. The summed E-state index contributed by atoms with van der Waals surface area (Å²) in [6.07, 6.45) is -7.19. The van der Waals surface area contributed by atoms with E-state index in [2.05, 4.69) is 9.47 Å². The molecule has 1 saturated heterocycles. The fraction of sp³-hybridized carbons (Fsp3) is 0.769. The van der Waals surface area contributed by atoms with E-state index in [0.29, 0.717) is 0 Å². The van der Waals surface area contributed by atoms with Crippen LogP contribution in [0.25, 0.3) is 0 Å². The molecule has 1 rings (SSSR count). The van der Waals surface area contributed by atoms with Gasteiger partial charge in [0.15, 0.2) is 18.5 Å². The van der Waals surface area contributed by atoms with Crippen LogP contribution in [0, 0.1) is 0 Å². The van der Waals surface area contributed by atoms with E-state index in [-0.39, 0.29) is 0 Å². The second-order valence-corrected chi connectivity index (χ2v) is 4.81. The van der Waals surface area contributed by atoms with E-state index < -0.39 is 55.0 Å². The van der Waals surface area contributed by atoms with Gasteiger partial charge in [-0.05, 0) is 0 Å². The first-order valence-electron chi connectivity index (χ1n) is 6.63. The Kier molecular flexibility index (Phi) is 6.39. The lowest BCUT2D eigenvalue weighted by molar-refractivity contribution is -0.342. The van der Waals surface area contributed by atoms with Gasteiger partial charge in [0.25, 0.3) is 0 Å². The van der Waals surface area contributed by atoms with Gasteiger partial charge in [0.2, 0.25) is 6.10 Å². The number of hydrogen-bond acceptors (Lipinski definition) is 8. The second-order valence-electron chi connectivity index (χ2n) is 4.81. The number of alkyl halides is 2. The number of esters is 3. The summed E-state index contributed by atoms with van der Waals surface area (Å²) in [5.41, 5.74) is 0. The molecule has 1 fully saturated rings. The van der Waals surface area contributed by atoms with E-state index in [4.69, 9.17) is 14.2 Å². The van der Waals surface area contributed by atoms with Crippen molar-refractivity contribution in [2.45, 2.75) is 51.3 Å². The summed E-state index contributed by atoms with van der Waals surface area (Å²) in [5, 5.41) is 0. The first kappa shape index (κ1) is 19.2. The van der Waals surface area contributed by atoms with Crippen molar-refractivity contribution in [1.29, 1.82) is 0 Å². The number of ether oxygens (including phenoxy) is 5. The lowest BCUT2D eigenvalue weighted by Gasteiger charge is -2.44. The first-order chi connectivity index (χ1) is 10.6. The maximum absolute atomic E-state index is 14.5. The van der Waals surface area contributed by atoms with Crippen LogP contribution in [-0.2, 0) is 38.1 Å². The standard InChI is InChI=1S/C13H18F2O8/c1-6(16)20-5-9-13(14,15)11(22-8(3)18)10(21-7(2)17)12(19-4)23-9/h9-12H,5H2,1-4H3. The van der Waals surface area contributed by atoms with Gasteiger partial charge >= 0.3 is 23.8 Å². The second kappa shape index (κ2) is 7.64. The number of hydrogen-bond donors (Lipinski definition) is 0. The Labute approximate surface area is 130 Å². The van der Waals surface area contributed by atoms with Crippen molar-refractivity contribution < 1.29 is 46.8 Å². The Hall–Kier alpha value is -1.81. The summed E-state index contributed by atoms with van der Waals surface area (Å²) in [7, 11) is 1.14. The highest BCUT2D eigenvalue weighted by Gasteiger charge is 2.62. The Morgan fingerprint density at radius 1 is 1.04 bits per heavy atom. The van der Waals surface area contributed by atoms with Crippen LogP contribution in [-0.4, -0.2) is 62.1 Å². The van der Waals surface area contributed by atoms with Crippen LogP contribution in [0.1, 0.15) is 20.8 Å². The number of rotatable bonds is 5. The van der Waals surface area contributed by atoms with Gasteiger partial charge in [-0.15, -0.1) is 0 Å². The molecule has 0 spiro atoms. The zero-order chi connectivity index (χ0) is 17.8. The van der Waals surface area contributed by atoms with Crippen molar-refractivity contribution in [2.75, 3.05) is 13.7 Å². The minimum atomic E-state index is -3.78. The molecule has 23 heavy (non-hydrogen) atoms. The van der Waals surface area contributed by atoms with Gasteiger partial charge in [-0.3, -0.25) is 14.4 Å². The number of methoxy groups -OCH3 is 1. The molecular weight excluding hydrogens is 322 g/mol. The van der Waals surface area contributed by atoms with Gasteiger partial charge in [-0.25, -0.2) is 0 Å². The molecule has 1 aliphatic heterocycles. The third-order valence-electron chi connectivity index (χ3n) is 2.94. The van der Waals surface area contributed by atoms with E-state index in [1.54, 1.807) is 0 Å². The molecule has 1 heterocycles. The Morgan fingerprint density at radius 2 is 1.61 bits per heavy atom. The maximum Gasteiger partial charge on any atom is 0.317 e. The molecule has 0 radical (unpaired) electrons. The van der Waals surface area contributed by atoms with Crippen molar-refractivity contribution in [3.63, 3.8) is 0 Å². The monoisotopic (exact) mass is 340 g/mol. The van der Waals surface area contributed by atoms with Crippen LogP contribution >= 0.6 is 0 Å². The van der Waals surface area contributed by atoms with Gasteiger partial charge in [0.05, 0.1) is 0 Å². The van der Waals surface area contributed by atoms with Gasteiger partial charge in [0.1, 0.15) is 6.61 Å². The average molecular weight is 340 g/mol. The molecule has 10 heteroatoms. The van der Waals surface area contributed by atoms with Gasteiger partial charge < -0.3 is 23.7 Å². The topological polar surface area (TPSA) is 97.4 Å². The van der Waals surface area contributed by atoms with Gasteiger partial charge in [-0.2, -0.15) is 8.78 Å². The zero-order valence-electron chi connectivity index (χ0n) is 13.0. The number of halogens is 2. The Bertz CT molecular complexity index is 467. The van der Waals surface area contributed by atoms with Crippen LogP contribution in [0.5, 0.6) is 0 Å². The normalized spacial score (nSPS) is 29.5. The third-order valence-corrected chi connectivity index (χ3v) is 2.94. The highest BCUT2D eigenvalue weighted by atomic mass is 19.3. The molecule has 0 N–H and O–H groups in total. The molecule has 4 unspecified atom stereocenters. The molecule has 1 aliphatic rings. The quantitative estimate of drug-likeness (QED) is 0.525. The zero-order valence-corrected chi connectivity index (χ0v) is 13.0. The van der Waals surface area contributed by atoms with Gasteiger partial charge in [0, 0.05) is 27.9 Å². The van der Waals surface area contributed by atoms with E-state index in [0.717, 1.165) is 27.9 Å². The molecule has 0 aromatic rings. The molecule has 132 valence electrons. The predicted molar refractivity (Wildman–Crippen MR) is 68.4 cm³/mol. The third kappa shape index (κ3) is 4.83.